The lowest BCUT2D eigenvalue weighted by molar-refractivity contribution is 0.119. The van der Waals surface area contributed by atoms with Gasteiger partial charge in [0.25, 0.3) is 0 Å². The second kappa shape index (κ2) is 9.77. The van der Waals surface area contributed by atoms with Crippen molar-refractivity contribution in [2.75, 3.05) is 33.3 Å². The van der Waals surface area contributed by atoms with Gasteiger partial charge in [0, 0.05) is 38.3 Å². The minimum atomic E-state index is 0.757. The molecule has 5 heteroatoms. The summed E-state index contributed by atoms with van der Waals surface area (Å²) in [5, 5.41) is 0. The van der Waals surface area contributed by atoms with Crippen LogP contribution >= 0.6 is 0 Å². The molecule has 0 spiro atoms. The summed E-state index contributed by atoms with van der Waals surface area (Å²) in [6.45, 7) is 9.08. The Labute approximate surface area is 196 Å². The maximum Gasteiger partial charge on any atom is 0.124 e. The highest BCUT2D eigenvalue weighted by molar-refractivity contribution is 5.76. The topological polar surface area (TPSA) is 33.5 Å². The smallest absolute Gasteiger partial charge is 0.124 e. The van der Waals surface area contributed by atoms with Crippen molar-refractivity contribution >= 4 is 11.0 Å². The molecule has 0 unspecified atom stereocenters. The molecule has 1 aliphatic heterocycles. The van der Waals surface area contributed by atoms with Crippen LogP contribution in [0.2, 0.25) is 0 Å². The van der Waals surface area contributed by atoms with Gasteiger partial charge < -0.3 is 9.30 Å². The highest BCUT2D eigenvalue weighted by Crippen LogP contribution is 2.24. The molecular weight excluding hydrogens is 408 g/mol. The van der Waals surface area contributed by atoms with Gasteiger partial charge in [-0.1, -0.05) is 60.2 Å². The Morgan fingerprint density at radius 2 is 1.42 bits per heavy atom. The molecule has 1 aliphatic rings. The van der Waals surface area contributed by atoms with Crippen molar-refractivity contribution in [3.63, 3.8) is 0 Å². The van der Waals surface area contributed by atoms with Gasteiger partial charge in [-0.25, -0.2) is 4.98 Å². The number of fused-ring (bicyclic) bond motifs is 1. The summed E-state index contributed by atoms with van der Waals surface area (Å²) in [6, 6.07) is 25.6. The van der Waals surface area contributed by atoms with Crippen LogP contribution in [0.1, 0.15) is 22.5 Å². The second-order valence-corrected chi connectivity index (χ2v) is 8.95. The van der Waals surface area contributed by atoms with E-state index in [0.29, 0.717) is 0 Å². The molecule has 1 fully saturated rings. The third-order valence-corrected chi connectivity index (χ3v) is 6.61. The number of methoxy groups -OCH3 is 1. The van der Waals surface area contributed by atoms with E-state index in [0.717, 1.165) is 62.9 Å². The lowest BCUT2D eigenvalue weighted by atomic mass is 10.1. The Bertz CT molecular complexity index is 1210. The average Bonchev–Trinajstić information content (AvgIpc) is 3.19. The Morgan fingerprint density at radius 1 is 0.758 bits per heavy atom. The molecule has 0 aliphatic carbocycles. The number of aryl methyl sites for hydroxylation is 1. The Morgan fingerprint density at radius 3 is 2.18 bits per heavy atom. The molecule has 1 saturated heterocycles. The van der Waals surface area contributed by atoms with Crippen LogP contribution in [0.15, 0.2) is 72.8 Å². The van der Waals surface area contributed by atoms with Gasteiger partial charge in [-0.2, -0.15) is 0 Å². The first-order valence-corrected chi connectivity index (χ1v) is 11.8. The van der Waals surface area contributed by atoms with E-state index in [2.05, 4.69) is 82.0 Å². The Kier molecular flexibility index (Phi) is 6.42. The molecule has 1 aromatic heterocycles. The number of rotatable bonds is 7. The first-order chi connectivity index (χ1) is 16.2. The third kappa shape index (κ3) is 4.95. The zero-order valence-electron chi connectivity index (χ0n) is 19.6. The summed E-state index contributed by atoms with van der Waals surface area (Å²) in [5.41, 5.74) is 6.12. The Hall–Kier alpha value is -3.15. The van der Waals surface area contributed by atoms with E-state index in [-0.39, 0.29) is 0 Å². The first-order valence-electron chi connectivity index (χ1n) is 11.8. The van der Waals surface area contributed by atoms with Crippen molar-refractivity contribution in [2.24, 2.45) is 0 Å². The van der Waals surface area contributed by atoms with E-state index in [9.17, 15) is 0 Å². The molecule has 0 saturated carbocycles. The number of piperazine rings is 1. The summed E-state index contributed by atoms with van der Waals surface area (Å²) in [5.74, 6) is 2.04. The average molecular weight is 441 g/mol. The van der Waals surface area contributed by atoms with Crippen molar-refractivity contribution in [1.82, 2.24) is 19.4 Å². The van der Waals surface area contributed by atoms with Gasteiger partial charge in [-0.3, -0.25) is 9.80 Å². The van der Waals surface area contributed by atoms with Crippen LogP contribution in [0.5, 0.6) is 5.75 Å². The van der Waals surface area contributed by atoms with Crippen molar-refractivity contribution in [3.8, 4) is 5.75 Å². The minimum absolute atomic E-state index is 0.757. The Balaban J connectivity index is 1.30. The van der Waals surface area contributed by atoms with Crippen molar-refractivity contribution in [2.45, 2.75) is 26.6 Å². The maximum atomic E-state index is 5.61. The minimum Gasteiger partial charge on any atom is -0.496 e. The quantitative estimate of drug-likeness (QED) is 0.416. The summed E-state index contributed by atoms with van der Waals surface area (Å²) in [4.78, 5) is 10.1. The molecule has 5 nitrogen and oxygen atoms in total. The predicted molar refractivity (Wildman–Crippen MR) is 134 cm³/mol. The van der Waals surface area contributed by atoms with Gasteiger partial charge in [0.05, 0.1) is 31.2 Å². The highest BCUT2D eigenvalue weighted by Gasteiger charge is 2.20. The van der Waals surface area contributed by atoms with Crippen LogP contribution in [0, 0.1) is 6.92 Å². The van der Waals surface area contributed by atoms with Gasteiger partial charge in [-0.05, 0) is 30.7 Å². The zero-order chi connectivity index (χ0) is 22.6. The van der Waals surface area contributed by atoms with E-state index in [4.69, 9.17) is 9.72 Å². The van der Waals surface area contributed by atoms with Crippen molar-refractivity contribution in [1.29, 1.82) is 0 Å². The number of nitrogens with zero attached hydrogens (tertiary/aromatic N) is 4. The van der Waals surface area contributed by atoms with E-state index in [1.807, 2.05) is 12.1 Å². The largest absolute Gasteiger partial charge is 0.496 e. The SMILES string of the molecule is COc1ccccc1Cn1c(CN2CCN(Cc3ccc(C)cc3)CC2)nc2ccccc21. The van der Waals surface area contributed by atoms with Gasteiger partial charge in [-0.15, -0.1) is 0 Å². The molecule has 0 atom stereocenters. The molecule has 5 rings (SSSR count). The molecule has 2 heterocycles. The van der Waals surface area contributed by atoms with Crippen LogP contribution < -0.4 is 4.74 Å². The van der Waals surface area contributed by atoms with E-state index < -0.39 is 0 Å². The highest BCUT2D eigenvalue weighted by atomic mass is 16.5. The maximum absolute atomic E-state index is 5.61. The van der Waals surface area contributed by atoms with Crippen LogP contribution in [-0.2, 0) is 19.6 Å². The molecule has 170 valence electrons. The fraction of sp³-hybridized carbons (Fsp3) is 0.321. The summed E-state index contributed by atoms with van der Waals surface area (Å²) < 4.78 is 7.97. The number of imidazole rings is 1. The molecule has 0 amide bonds. The monoisotopic (exact) mass is 440 g/mol. The number of aromatic nitrogens is 2. The second-order valence-electron chi connectivity index (χ2n) is 8.95. The molecule has 33 heavy (non-hydrogen) atoms. The van der Waals surface area contributed by atoms with Crippen molar-refractivity contribution in [3.05, 3.63) is 95.3 Å². The van der Waals surface area contributed by atoms with Crippen LogP contribution in [-0.4, -0.2) is 52.6 Å². The van der Waals surface area contributed by atoms with Crippen LogP contribution in [0.4, 0.5) is 0 Å². The number of hydrogen-bond donors (Lipinski definition) is 0. The summed E-state index contributed by atoms with van der Waals surface area (Å²) in [6.07, 6.45) is 0. The van der Waals surface area contributed by atoms with Crippen molar-refractivity contribution < 1.29 is 4.74 Å². The van der Waals surface area contributed by atoms with Gasteiger partial charge >= 0.3 is 0 Å². The van der Waals surface area contributed by atoms with Gasteiger partial charge in [0.1, 0.15) is 11.6 Å². The molecule has 0 bridgehead atoms. The lowest BCUT2D eigenvalue weighted by Crippen LogP contribution is -2.45. The number of ether oxygens (including phenoxy) is 1. The van der Waals surface area contributed by atoms with Crippen LogP contribution in [0.3, 0.4) is 0 Å². The molecule has 4 aromatic rings. The zero-order valence-corrected chi connectivity index (χ0v) is 19.6. The molecule has 0 N–H and O–H groups in total. The summed E-state index contributed by atoms with van der Waals surface area (Å²) in [7, 11) is 1.74. The molecule has 3 aromatic carbocycles. The molecular formula is C28H32N4O. The van der Waals surface area contributed by atoms with E-state index >= 15 is 0 Å². The standard InChI is InChI=1S/C28H32N4O/c1-22-11-13-23(14-12-22)19-30-15-17-31(18-16-30)21-28-29-25-8-4-5-9-26(25)32(28)20-24-7-3-6-10-27(24)33-2/h3-14H,15-21H2,1-2H3. The number of benzene rings is 3. The van der Waals surface area contributed by atoms with Crippen LogP contribution in [0.25, 0.3) is 11.0 Å². The van der Waals surface area contributed by atoms with Gasteiger partial charge in [0.2, 0.25) is 0 Å². The predicted octanol–water partition coefficient (Wildman–Crippen LogP) is 4.72. The van der Waals surface area contributed by atoms with E-state index in [1.165, 1.54) is 22.2 Å². The third-order valence-electron chi connectivity index (χ3n) is 6.61. The molecule has 0 radical (unpaired) electrons. The normalized spacial score (nSPS) is 15.2. The number of para-hydroxylation sites is 3. The fourth-order valence-electron chi connectivity index (χ4n) is 4.68. The lowest BCUT2D eigenvalue weighted by Gasteiger charge is -2.34. The summed E-state index contributed by atoms with van der Waals surface area (Å²) >= 11 is 0. The first kappa shape index (κ1) is 21.7. The fourth-order valence-corrected chi connectivity index (χ4v) is 4.68. The number of hydrogen-bond acceptors (Lipinski definition) is 4. The van der Waals surface area contributed by atoms with Gasteiger partial charge in [0.15, 0.2) is 0 Å². The van der Waals surface area contributed by atoms with E-state index in [1.54, 1.807) is 7.11 Å².